The number of hydrogen-bond donors (Lipinski definition) is 2. The lowest BCUT2D eigenvalue weighted by molar-refractivity contribution is 0.475. The molecule has 0 saturated carbocycles. The molecule has 132 valence electrons. The zero-order valence-corrected chi connectivity index (χ0v) is 15.6. The van der Waals surface area contributed by atoms with Crippen molar-refractivity contribution in [2.24, 2.45) is 0 Å². The van der Waals surface area contributed by atoms with Crippen LogP contribution in [0.25, 0.3) is 0 Å². The Morgan fingerprint density at radius 2 is 1.65 bits per heavy atom. The summed E-state index contributed by atoms with van der Waals surface area (Å²) in [5.74, 6) is 0. The molecule has 0 bridgehead atoms. The molecule has 0 aromatic heterocycles. The first-order valence-corrected chi connectivity index (χ1v) is 10.3. The van der Waals surface area contributed by atoms with Gasteiger partial charge in [0.2, 0.25) is 10.0 Å². The zero-order chi connectivity index (χ0) is 17.1. The summed E-state index contributed by atoms with van der Waals surface area (Å²) in [6, 6.07) is 6.95. The van der Waals surface area contributed by atoms with E-state index in [-0.39, 0.29) is 6.04 Å². The van der Waals surface area contributed by atoms with E-state index in [1.54, 1.807) is 12.1 Å². The highest BCUT2D eigenvalue weighted by atomic mass is 32.2. The summed E-state index contributed by atoms with van der Waals surface area (Å²) in [5, 5.41) is 3.39. The maximum Gasteiger partial charge on any atom is 0.240 e. The van der Waals surface area contributed by atoms with E-state index in [1.165, 1.54) is 12.8 Å². The van der Waals surface area contributed by atoms with Gasteiger partial charge in [0.25, 0.3) is 0 Å². The van der Waals surface area contributed by atoms with Crippen LogP contribution >= 0.6 is 0 Å². The van der Waals surface area contributed by atoms with Gasteiger partial charge < -0.3 is 5.32 Å². The van der Waals surface area contributed by atoms with Gasteiger partial charge in [-0.1, -0.05) is 57.2 Å². The van der Waals surface area contributed by atoms with Crippen LogP contribution in [0, 0.1) is 6.92 Å². The van der Waals surface area contributed by atoms with Crippen LogP contribution in [0.5, 0.6) is 0 Å². The molecule has 1 atom stereocenters. The summed E-state index contributed by atoms with van der Waals surface area (Å²) in [4.78, 5) is 0.343. The Balaban J connectivity index is 2.61. The lowest BCUT2D eigenvalue weighted by Gasteiger charge is -2.19. The monoisotopic (exact) mass is 340 g/mol. The summed E-state index contributed by atoms with van der Waals surface area (Å²) in [5.41, 5.74) is 1.06. The van der Waals surface area contributed by atoms with Crippen molar-refractivity contribution in [2.75, 3.05) is 13.1 Å². The molecule has 1 aromatic rings. The predicted molar refractivity (Wildman–Crippen MR) is 97.2 cm³/mol. The second kappa shape index (κ2) is 10.8. The molecule has 0 radical (unpaired) electrons. The van der Waals surface area contributed by atoms with Gasteiger partial charge in [-0.2, -0.15) is 0 Å². The molecule has 5 heteroatoms. The minimum Gasteiger partial charge on any atom is -0.315 e. The van der Waals surface area contributed by atoms with E-state index in [4.69, 9.17) is 0 Å². The van der Waals surface area contributed by atoms with Crippen LogP contribution in [-0.2, 0) is 10.0 Å². The Bertz CT molecular complexity index is 526. The van der Waals surface area contributed by atoms with Gasteiger partial charge >= 0.3 is 0 Å². The molecule has 23 heavy (non-hydrogen) atoms. The predicted octanol–water partition coefficient (Wildman–Crippen LogP) is 3.61. The summed E-state index contributed by atoms with van der Waals surface area (Å²) in [6.45, 7) is 7.89. The molecule has 1 aromatic carbocycles. The molecule has 0 saturated heterocycles. The number of hydrogen-bond acceptors (Lipinski definition) is 3. The van der Waals surface area contributed by atoms with Crippen molar-refractivity contribution in [2.45, 2.75) is 70.2 Å². The highest BCUT2D eigenvalue weighted by Crippen LogP contribution is 2.12. The topological polar surface area (TPSA) is 58.2 Å². The largest absolute Gasteiger partial charge is 0.315 e. The van der Waals surface area contributed by atoms with Crippen LogP contribution in [0.15, 0.2) is 29.2 Å². The first-order valence-electron chi connectivity index (χ1n) is 8.79. The number of benzene rings is 1. The van der Waals surface area contributed by atoms with Gasteiger partial charge in [0.15, 0.2) is 0 Å². The molecule has 0 amide bonds. The molecule has 1 rings (SSSR count). The van der Waals surface area contributed by atoms with Crippen molar-refractivity contribution < 1.29 is 8.42 Å². The average molecular weight is 341 g/mol. The van der Waals surface area contributed by atoms with E-state index in [1.807, 2.05) is 19.1 Å². The highest BCUT2D eigenvalue weighted by molar-refractivity contribution is 7.89. The number of unbranched alkanes of at least 4 members (excludes halogenated alkanes) is 3. The van der Waals surface area contributed by atoms with Gasteiger partial charge in [0, 0.05) is 12.6 Å². The Kier molecular flexibility index (Phi) is 9.44. The molecule has 0 aliphatic carbocycles. The molecule has 1 unspecified atom stereocenters. The van der Waals surface area contributed by atoms with E-state index in [0.717, 1.165) is 37.8 Å². The smallest absolute Gasteiger partial charge is 0.240 e. The SMILES string of the molecule is CCCCCNCC(CCCC)NS(=O)(=O)c1ccc(C)cc1. The van der Waals surface area contributed by atoms with Gasteiger partial charge in [0.05, 0.1) is 4.90 Å². The molecule has 4 nitrogen and oxygen atoms in total. The van der Waals surface area contributed by atoms with Crippen LogP contribution in [0.2, 0.25) is 0 Å². The average Bonchev–Trinajstić information content (AvgIpc) is 2.52. The fraction of sp³-hybridized carbons (Fsp3) is 0.667. The summed E-state index contributed by atoms with van der Waals surface area (Å²) in [6.07, 6.45) is 6.50. The van der Waals surface area contributed by atoms with E-state index in [2.05, 4.69) is 23.9 Å². The maximum absolute atomic E-state index is 12.5. The van der Waals surface area contributed by atoms with Gasteiger partial charge in [-0.3, -0.25) is 0 Å². The molecular formula is C18H32N2O2S. The van der Waals surface area contributed by atoms with E-state index < -0.39 is 10.0 Å². The van der Waals surface area contributed by atoms with Crippen molar-refractivity contribution in [3.8, 4) is 0 Å². The summed E-state index contributed by atoms with van der Waals surface area (Å²) in [7, 11) is -3.44. The van der Waals surface area contributed by atoms with E-state index in [9.17, 15) is 8.42 Å². The minimum absolute atomic E-state index is 0.0529. The number of rotatable bonds is 12. The van der Waals surface area contributed by atoms with Gasteiger partial charge in [0.1, 0.15) is 0 Å². The van der Waals surface area contributed by atoms with Crippen molar-refractivity contribution in [1.29, 1.82) is 0 Å². The maximum atomic E-state index is 12.5. The quantitative estimate of drug-likeness (QED) is 0.572. The summed E-state index contributed by atoms with van der Waals surface area (Å²) >= 11 is 0. The second-order valence-corrected chi connectivity index (χ2v) is 7.90. The van der Waals surface area contributed by atoms with Crippen LogP contribution in [-0.4, -0.2) is 27.5 Å². The fourth-order valence-corrected chi connectivity index (χ4v) is 3.70. The third-order valence-corrected chi connectivity index (χ3v) is 5.44. The van der Waals surface area contributed by atoms with Crippen molar-refractivity contribution in [1.82, 2.24) is 10.0 Å². The Labute approximate surface area is 142 Å². The first-order chi connectivity index (χ1) is 11.0. The molecular weight excluding hydrogens is 308 g/mol. The highest BCUT2D eigenvalue weighted by Gasteiger charge is 2.19. The third kappa shape index (κ3) is 7.95. The van der Waals surface area contributed by atoms with Crippen LogP contribution in [0.4, 0.5) is 0 Å². The minimum atomic E-state index is -3.44. The Morgan fingerprint density at radius 1 is 1.00 bits per heavy atom. The third-order valence-electron chi connectivity index (χ3n) is 3.91. The van der Waals surface area contributed by atoms with Crippen molar-refractivity contribution in [3.05, 3.63) is 29.8 Å². The van der Waals surface area contributed by atoms with Gasteiger partial charge in [-0.25, -0.2) is 13.1 Å². The summed E-state index contributed by atoms with van der Waals surface area (Å²) < 4.78 is 27.9. The molecule has 0 aliphatic heterocycles. The molecule has 2 N–H and O–H groups in total. The van der Waals surface area contributed by atoms with Crippen molar-refractivity contribution in [3.63, 3.8) is 0 Å². The first kappa shape index (κ1) is 20.1. The lowest BCUT2D eigenvalue weighted by Crippen LogP contribution is -2.42. The number of nitrogens with one attached hydrogen (secondary N) is 2. The number of aryl methyl sites for hydroxylation is 1. The molecule has 0 heterocycles. The second-order valence-electron chi connectivity index (χ2n) is 6.18. The van der Waals surface area contributed by atoms with E-state index >= 15 is 0 Å². The number of sulfonamides is 1. The fourth-order valence-electron chi connectivity index (χ4n) is 2.43. The van der Waals surface area contributed by atoms with E-state index in [0.29, 0.717) is 11.4 Å². The van der Waals surface area contributed by atoms with Gasteiger partial charge in [-0.15, -0.1) is 0 Å². The Morgan fingerprint density at radius 3 is 2.26 bits per heavy atom. The standard InChI is InChI=1S/C18H32N2O2S/c1-4-6-8-14-19-15-17(9-7-5-2)20-23(21,22)18-12-10-16(3)11-13-18/h10-13,17,19-20H,4-9,14-15H2,1-3H3. The van der Waals surface area contributed by atoms with Crippen LogP contribution < -0.4 is 10.0 Å². The molecule has 0 spiro atoms. The zero-order valence-electron chi connectivity index (χ0n) is 14.8. The van der Waals surface area contributed by atoms with Crippen LogP contribution in [0.3, 0.4) is 0 Å². The Hall–Kier alpha value is -0.910. The normalized spacial score (nSPS) is 13.2. The van der Waals surface area contributed by atoms with Gasteiger partial charge in [-0.05, 0) is 38.4 Å². The van der Waals surface area contributed by atoms with Crippen LogP contribution in [0.1, 0.15) is 57.9 Å². The lowest BCUT2D eigenvalue weighted by atomic mass is 10.1. The molecule has 0 aliphatic rings. The molecule has 0 fully saturated rings. The van der Waals surface area contributed by atoms with Crippen molar-refractivity contribution >= 4 is 10.0 Å².